The zero-order valence-corrected chi connectivity index (χ0v) is 20.7. The summed E-state index contributed by atoms with van der Waals surface area (Å²) in [5.41, 5.74) is 2.80. The number of hydrogen-bond donors (Lipinski definition) is 3. The molecule has 3 N–H and O–H groups in total. The van der Waals surface area contributed by atoms with E-state index in [-0.39, 0.29) is 5.91 Å². The molecule has 1 saturated carbocycles. The van der Waals surface area contributed by atoms with Crippen molar-refractivity contribution in [1.82, 2.24) is 25.2 Å². The summed E-state index contributed by atoms with van der Waals surface area (Å²) in [6.45, 7) is 6.23. The van der Waals surface area contributed by atoms with Crippen LogP contribution in [-0.2, 0) is 4.79 Å². The Kier molecular flexibility index (Phi) is 7.35. The van der Waals surface area contributed by atoms with Gasteiger partial charge in [0.05, 0.1) is 16.9 Å². The van der Waals surface area contributed by atoms with Crippen molar-refractivity contribution in [3.63, 3.8) is 0 Å². The Labute approximate surface area is 211 Å². The van der Waals surface area contributed by atoms with E-state index >= 15 is 0 Å². The third kappa shape index (κ3) is 5.52. The van der Waals surface area contributed by atoms with Crippen molar-refractivity contribution in [3.8, 4) is 11.3 Å². The third-order valence-corrected chi connectivity index (χ3v) is 7.66. The molecule has 1 saturated heterocycles. The van der Waals surface area contributed by atoms with Crippen molar-refractivity contribution in [1.29, 1.82) is 0 Å². The van der Waals surface area contributed by atoms with Gasteiger partial charge in [-0.05, 0) is 56.7 Å². The Morgan fingerprint density at radius 2 is 2.03 bits per heavy atom. The minimum atomic E-state index is 0.0434. The maximum absolute atomic E-state index is 11.8. The number of piperidine rings is 1. The molecule has 1 aromatic carbocycles. The first kappa shape index (κ1) is 23.8. The molecule has 2 aromatic heterocycles. The smallest absolute Gasteiger partial charge is 0.245 e. The highest BCUT2D eigenvalue weighted by Gasteiger charge is 2.26. The van der Waals surface area contributed by atoms with Crippen LogP contribution in [0.4, 0.5) is 5.95 Å². The number of anilines is 1. The molecule has 0 unspecified atom stereocenters. The predicted octanol–water partition coefficient (Wildman–Crippen LogP) is 5.02. The van der Waals surface area contributed by atoms with Crippen LogP contribution in [0.1, 0.15) is 38.5 Å². The second-order valence-electron chi connectivity index (χ2n) is 9.72. The van der Waals surface area contributed by atoms with E-state index in [1.165, 1.54) is 18.9 Å². The number of carbonyl (C=O) groups excluding carboxylic acids is 1. The summed E-state index contributed by atoms with van der Waals surface area (Å²) in [7, 11) is 0. The number of likely N-dealkylation sites (tertiary alicyclic amines) is 1. The Balaban J connectivity index is 1.17. The lowest BCUT2D eigenvalue weighted by Gasteiger charge is -2.34. The van der Waals surface area contributed by atoms with Crippen LogP contribution in [0.3, 0.4) is 0 Å². The standard InChI is InChI=1S/C27H33ClN6O/c1-2-25(35)34-12-10-19(11-13-34)29-15-18-6-5-7-20(14-18)32-27-31-17-23(28)26(33-27)22-16-30-24-9-4-3-8-21(22)24/h2-4,8-9,16-20,29-30H,1,5-7,10-15H2,(H,31,32,33)/t18-,20+/m0/s1. The van der Waals surface area contributed by atoms with E-state index in [1.807, 2.05) is 29.3 Å². The van der Waals surface area contributed by atoms with Gasteiger partial charge in [-0.1, -0.05) is 42.8 Å². The third-order valence-electron chi connectivity index (χ3n) is 7.38. The average Bonchev–Trinajstić information content (AvgIpc) is 3.33. The van der Waals surface area contributed by atoms with Crippen LogP contribution in [0, 0.1) is 5.92 Å². The zero-order valence-electron chi connectivity index (χ0n) is 20.0. The number of nitrogens with zero attached hydrogens (tertiary/aromatic N) is 3. The van der Waals surface area contributed by atoms with Gasteiger partial charge in [-0.25, -0.2) is 9.97 Å². The van der Waals surface area contributed by atoms with Crippen molar-refractivity contribution < 1.29 is 4.79 Å². The summed E-state index contributed by atoms with van der Waals surface area (Å²) >= 11 is 6.50. The van der Waals surface area contributed by atoms with E-state index < -0.39 is 0 Å². The molecule has 3 aromatic rings. The number of carbonyl (C=O) groups is 1. The number of amides is 1. The van der Waals surface area contributed by atoms with Gasteiger partial charge in [0.2, 0.25) is 11.9 Å². The van der Waals surface area contributed by atoms with Gasteiger partial charge in [0.1, 0.15) is 0 Å². The molecule has 7 nitrogen and oxygen atoms in total. The van der Waals surface area contributed by atoms with Crippen LogP contribution in [0.5, 0.6) is 0 Å². The molecule has 2 fully saturated rings. The molecular weight excluding hydrogens is 460 g/mol. The zero-order chi connectivity index (χ0) is 24.2. The van der Waals surface area contributed by atoms with Crippen molar-refractivity contribution in [2.45, 2.75) is 50.6 Å². The fraction of sp³-hybridized carbons (Fsp3) is 0.444. The molecule has 2 atom stereocenters. The molecule has 2 aliphatic rings. The normalized spacial score (nSPS) is 21.2. The van der Waals surface area contributed by atoms with Crippen molar-refractivity contribution in [2.75, 3.05) is 25.0 Å². The van der Waals surface area contributed by atoms with Gasteiger partial charge in [-0.15, -0.1) is 0 Å². The Bertz CT molecular complexity index is 1190. The first-order valence-electron chi connectivity index (χ1n) is 12.6. The number of rotatable bonds is 7. The highest BCUT2D eigenvalue weighted by molar-refractivity contribution is 6.33. The van der Waals surface area contributed by atoms with Gasteiger partial charge in [-0.2, -0.15) is 0 Å². The van der Waals surface area contributed by atoms with Crippen LogP contribution in [0.2, 0.25) is 5.02 Å². The van der Waals surface area contributed by atoms with E-state index in [2.05, 4.69) is 33.2 Å². The van der Waals surface area contributed by atoms with Gasteiger partial charge in [0.15, 0.2) is 0 Å². The average molecular weight is 493 g/mol. The Hall–Kier alpha value is -2.90. The first-order chi connectivity index (χ1) is 17.1. The SMILES string of the molecule is C=CC(=O)N1CCC(NC[C@H]2CCC[C@@H](Nc3ncc(Cl)c(-c4c[nH]c5ccccc45)n3)C2)CC1. The molecule has 8 heteroatoms. The highest BCUT2D eigenvalue weighted by Crippen LogP contribution is 2.33. The predicted molar refractivity (Wildman–Crippen MR) is 142 cm³/mol. The molecule has 184 valence electrons. The second kappa shape index (κ2) is 10.8. The summed E-state index contributed by atoms with van der Waals surface area (Å²) in [6, 6.07) is 8.99. The van der Waals surface area contributed by atoms with Crippen molar-refractivity contribution >= 4 is 34.4 Å². The summed E-state index contributed by atoms with van der Waals surface area (Å²) in [6.07, 6.45) is 11.7. The number of aromatic amines is 1. The topological polar surface area (TPSA) is 85.9 Å². The maximum Gasteiger partial charge on any atom is 0.245 e. The maximum atomic E-state index is 11.8. The van der Waals surface area contributed by atoms with Gasteiger partial charge >= 0.3 is 0 Å². The molecule has 5 rings (SSSR count). The number of para-hydroxylation sites is 1. The number of H-pyrrole nitrogens is 1. The number of nitrogens with one attached hydrogen (secondary N) is 3. The minimum absolute atomic E-state index is 0.0434. The molecular formula is C27H33ClN6O. The largest absolute Gasteiger partial charge is 0.360 e. The molecule has 1 aliphatic carbocycles. The number of fused-ring (bicyclic) bond motifs is 1. The van der Waals surface area contributed by atoms with E-state index in [9.17, 15) is 4.79 Å². The Morgan fingerprint density at radius 3 is 2.86 bits per heavy atom. The van der Waals surface area contributed by atoms with Crippen LogP contribution >= 0.6 is 11.6 Å². The minimum Gasteiger partial charge on any atom is -0.360 e. The van der Waals surface area contributed by atoms with Gasteiger partial charge in [0, 0.05) is 47.8 Å². The fourth-order valence-electron chi connectivity index (χ4n) is 5.45. The molecule has 35 heavy (non-hydrogen) atoms. The van der Waals surface area contributed by atoms with Gasteiger partial charge in [-0.3, -0.25) is 4.79 Å². The van der Waals surface area contributed by atoms with E-state index in [0.29, 0.717) is 29.0 Å². The van der Waals surface area contributed by atoms with Crippen LogP contribution in [0.15, 0.2) is 49.3 Å². The molecule has 0 radical (unpaired) electrons. The van der Waals surface area contributed by atoms with Crippen LogP contribution in [-0.4, -0.2) is 57.5 Å². The summed E-state index contributed by atoms with van der Waals surface area (Å²) in [5, 5.41) is 8.99. The number of halogens is 1. The number of benzene rings is 1. The lowest BCUT2D eigenvalue weighted by Crippen LogP contribution is -2.46. The summed E-state index contributed by atoms with van der Waals surface area (Å²) in [4.78, 5) is 26.3. The molecule has 1 aliphatic heterocycles. The Morgan fingerprint density at radius 1 is 1.20 bits per heavy atom. The van der Waals surface area contributed by atoms with E-state index in [4.69, 9.17) is 16.6 Å². The monoisotopic (exact) mass is 492 g/mol. The lowest BCUT2D eigenvalue weighted by molar-refractivity contribution is -0.127. The second-order valence-corrected chi connectivity index (χ2v) is 10.1. The fourth-order valence-corrected chi connectivity index (χ4v) is 5.64. The molecule has 1 amide bonds. The van der Waals surface area contributed by atoms with Crippen LogP contribution in [0.25, 0.3) is 22.2 Å². The summed E-state index contributed by atoms with van der Waals surface area (Å²) in [5.74, 6) is 1.30. The molecule has 3 heterocycles. The van der Waals surface area contributed by atoms with Crippen molar-refractivity contribution in [2.24, 2.45) is 5.92 Å². The first-order valence-corrected chi connectivity index (χ1v) is 13.0. The number of hydrogen-bond acceptors (Lipinski definition) is 5. The quantitative estimate of drug-likeness (QED) is 0.403. The van der Waals surface area contributed by atoms with Crippen LogP contribution < -0.4 is 10.6 Å². The molecule has 0 bridgehead atoms. The van der Waals surface area contributed by atoms with Gasteiger partial charge in [0.25, 0.3) is 0 Å². The van der Waals surface area contributed by atoms with Gasteiger partial charge < -0.3 is 20.5 Å². The van der Waals surface area contributed by atoms with Crippen molar-refractivity contribution in [3.05, 3.63) is 54.3 Å². The van der Waals surface area contributed by atoms with E-state index in [0.717, 1.165) is 67.5 Å². The summed E-state index contributed by atoms with van der Waals surface area (Å²) < 4.78 is 0. The lowest BCUT2D eigenvalue weighted by atomic mass is 9.85. The number of aromatic nitrogens is 3. The highest BCUT2D eigenvalue weighted by atomic mass is 35.5. The van der Waals surface area contributed by atoms with E-state index in [1.54, 1.807) is 6.20 Å². The molecule has 0 spiro atoms.